The van der Waals surface area contributed by atoms with Crippen LogP contribution in [0.5, 0.6) is 0 Å². The van der Waals surface area contributed by atoms with Gasteiger partial charge >= 0.3 is 0 Å². The minimum absolute atomic E-state index is 0.361. The minimum atomic E-state index is 0.361. The SMILES string of the molecule is CN(C(=O)CC1CCNCC1)C1CCSC1. The quantitative estimate of drug-likeness (QED) is 0.810. The van der Waals surface area contributed by atoms with E-state index in [4.69, 9.17) is 0 Å². The first-order valence-electron chi connectivity index (χ1n) is 6.31. The van der Waals surface area contributed by atoms with Crippen LogP contribution in [0.25, 0.3) is 0 Å². The largest absolute Gasteiger partial charge is 0.342 e. The van der Waals surface area contributed by atoms with Crippen LogP contribution in [0.4, 0.5) is 0 Å². The molecule has 1 unspecified atom stereocenters. The van der Waals surface area contributed by atoms with E-state index in [0.29, 0.717) is 17.9 Å². The summed E-state index contributed by atoms with van der Waals surface area (Å²) in [6.07, 6.45) is 4.27. The molecule has 0 saturated carbocycles. The molecule has 1 N–H and O–H groups in total. The maximum Gasteiger partial charge on any atom is 0.222 e. The lowest BCUT2D eigenvalue weighted by atomic mass is 9.94. The molecule has 4 heteroatoms. The molecule has 16 heavy (non-hydrogen) atoms. The molecule has 0 radical (unpaired) electrons. The number of nitrogens with one attached hydrogen (secondary N) is 1. The van der Waals surface area contributed by atoms with Crippen molar-refractivity contribution in [3.8, 4) is 0 Å². The number of piperidine rings is 1. The first-order valence-corrected chi connectivity index (χ1v) is 7.47. The summed E-state index contributed by atoms with van der Waals surface area (Å²) in [5.41, 5.74) is 0. The summed E-state index contributed by atoms with van der Waals surface area (Å²) in [5.74, 6) is 3.33. The van der Waals surface area contributed by atoms with E-state index in [-0.39, 0.29) is 0 Å². The Bertz CT molecular complexity index is 235. The van der Waals surface area contributed by atoms with Crippen LogP contribution in [0.2, 0.25) is 0 Å². The van der Waals surface area contributed by atoms with E-state index in [0.717, 1.165) is 25.3 Å². The zero-order valence-electron chi connectivity index (χ0n) is 10.1. The predicted molar refractivity (Wildman–Crippen MR) is 68.7 cm³/mol. The van der Waals surface area contributed by atoms with Crippen molar-refractivity contribution in [2.75, 3.05) is 31.6 Å². The Kier molecular flexibility index (Phi) is 4.53. The van der Waals surface area contributed by atoms with E-state index in [1.165, 1.54) is 25.0 Å². The molecule has 3 nitrogen and oxygen atoms in total. The smallest absolute Gasteiger partial charge is 0.222 e. The van der Waals surface area contributed by atoms with Crippen molar-refractivity contribution in [3.63, 3.8) is 0 Å². The Labute approximate surface area is 102 Å². The monoisotopic (exact) mass is 242 g/mol. The van der Waals surface area contributed by atoms with Crippen LogP contribution >= 0.6 is 11.8 Å². The van der Waals surface area contributed by atoms with Gasteiger partial charge in [-0.05, 0) is 44.0 Å². The molecule has 92 valence electrons. The third kappa shape index (κ3) is 3.14. The van der Waals surface area contributed by atoms with Gasteiger partial charge in [0, 0.05) is 25.3 Å². The van der Waals surface area contributed by atoms with E-state index in [2.05, 4.69) is 5.32 Å². The highest BCUT2D eigenvalue weighted by molar-refractivity contribution is 7.99. The number of rotatable bonds is 3. The summed E-state index contributed by atoms with van der Waals surface area (Å²) in [7, 11) is 1.99. The zero-order chi connectivity index (χ0) is 11.4. The average Bonchev–Trinajstić information content (AvgIpc) is 2.83. The van der Waals surface area contributed by atoms with Gasteiger partial charge in [0.2, 0.25) is 5.91 Å². The van der Waals surface area contributed by atoms with Gasteiger partial charge in [-0.3, -0.25) is 4.79 Å². The lowest BCUT2D eigenvalue weighted by molar-refractivity contribution is -0.132. The van der Waals surface area contributed by atoms with Crippen molar-refractivity contribution in [1.82, 2.24) is 10.2 Å². The summed E-state index contributed by atoms with van der Waals surface area (Å²) < 4.78 is 0. The van der Waals surface area contributed by atoms with Gasteiger partial charge in [-0.15, -0.1) is 0 Å². The highest BCUT2D eigenvalue weighted by atomic mass is 32.2. The molecule has 0 spiro atoms. The third-order valence-corrected chi connectivity index (χ3v) is 4.91. The lowest BCUT2D eigenvalue weighted by Crippen LogP contribution is -2.39. The summed E-state index contributed by atoms with van der Waals surface area (Å²) in [4.78, 5) is 14.1. The number of carbonyl (C=O) groups is 1. The number of carbonyl (C=O) groups excluding carboxylic acids is 1. The minimum Gasteiger partial charge on any atom is -0.342 e. The summed E-state index contributed by atoms with van der Waals surface area (Å²) in [6.45, 7) is 2.17. The first-order chi connectivity index (χ1) is 7.77. The van der Waals surface area contributed by atoms with Crippen molar-refractivity contribution in [1.29, 1.82) is 0 Å². The second-order valence-corrected chi connectivity index (χ2v) is 6.07. The van der Waals surface area contributed by atoms with E-state index >= 15 is 0 Å². The Morgan fingerprint density at radius 3 is 2.75 bits per heavy atom. The number of thioether (sulfide) groups is 1. The molecule has 2 aliphatic heterocycles. The Balaban J connectivity index is 1.77. The van der Waals surface area contributed by atoms with Crippen LogP contribution in [0, 0.1) is 5.92 Å². The molecule has 2 fully saturated rings. The van der Waals surface area contributed by atoms with Gasteiger partial charge in [-0.25, -0.2) is 0 Å². The molecular weight excluding hydrogens is 220 g/mol. The van der Waals surface area contributed by atoms with E-state index in [1.54, 1.807) is 0 Å². The Hall–Kier alpha value is -0.220. The average molecular weight is 242 g/mol. The number of amides is 1. The fourth-order valence-electron chi connectivity index (χ4n) is 2.51. The molecule has 0 aromatic heterocycles. The third-order valence-electron chi connectivity index (χ3n) is 3.77. The van der Waals surface area contributed by atoms with Gasteiger partial charge in [-0.2, -0.15) is 11.8 Å². The topological polar surface area (TPSA) is 32.3 Å². The molecule has 2 saturated heterocycles. The standard InChI is InChI=1S/C12H22N2OS/c1-14(11-4-7-16-9-11)12(15)8-10-2-5-13-6-3-10/h10-11,13H,2-9H2,1H3. The predicted octanol–water partition coefficient (Wildman–Crippen LogP) is 1.34. The molecule has 2 heterocycles. The number of hydrogen-bond acceptors (Lipinski definition) is 3. The van der Waals surface area contributed by atoms with E-state index < -0.39 is 0 Å². The fraction of sp³-hybridized carbons (Fsp3) is 0.917. The molecule has 0 aromatic rings. The molecule has 2 rings (SSSR count). The van der Waals surface area contributed by atoms with Crippen molar-refractivity contribution < 1.29 is 4.79 Å². The Morgan fingerprint density at radius 2 is 2.12 bits per heavy atom. The Morgan fingerprint density at radius 1 is 1.38 bits per heavy atom. The first kappa shape index (κ1) is 12.2. The number of nitrogens with zero attached hydrogens (tertiary/aromatic N) is 1. The normalized spacial score (nSPS) is 26.9. The molecule has 0 bridgehead atoms. The number of hydrogen-bond donors (Lipinski definition) is 1. The van der Waals surface area contributed by atoms with Gasteiger partial charge in [0.1, 0.15) is 0 Å². The molecule has 1 atom stereocenters. The molecule has 1 amide bonds. The second-order valence-electron chi connectivity index (χ2n) is 4.92. The fourth-order valence-corrected chi connectivity index (χ4v) is 3.78. The maximum atomic E-state index is 12.1. The van der Waals surface area contributed by atoms with Gasteiger partial charge in [0.15, 0.2) is 0 Å². The molecule has 0 aromatic carbocycles. The van der Waals surface area contributed by atoms with Crippen molar-refractivity contribution in [2.24, 2.45) is 5.92 Å². The highest BCUT2D eigenvalue weighted by Gasteiger charge is 2.25. The van der Waals surface area contributed by atoms with Crippen molar-refractivity contribution in [2.45, 2.75) is 31.7 Å². The van der Waals surface area contributed by atoms with Crippen molar-refractivity contribution >= 4 is 17.7 Å². The van der Waals surface area contributed by atoms with Gasteiger partial charge in [0.25, 0.3) is 0 Å². The van der Waals surface area contributed by atoms with Gasteiger partial charge in [-0.1, -0.05) is 0 Å². The maximum absolute atomic E-state index is 12.1. The molecular formula is C12H22N2OS. The van der Waals surface area contributed by atoms with Gasteiger partial charge in [0.05, 0.1) is 0 Å². The van der Waals surface area contributed by atoms with E-state index in [9.17, 15) is 4.79 Å². The van der Waals surface area contributed by atoms with Crippen molar-refractivity contribution in [3.05, 3.63) is 0 Å². The highest BCUT2D eigenvalue weighted by Crippen LogP contribution is 2.23. The second kappa shape index (κ2) is 5.92. The summed E-state index contributed by atoms with van der Waals surface area (Å²) in [6, 6.07) is 0.499. The van der Waals surface area contributed by atoms with Crippen LogP contribution < -0.4 is 5.32 Å². The molecule has 2 aliphatic rings. The zero-order valence-corrected chi connectivity index (χ0v) is 10.9. The van der Waals surface area contributed by atoms with Crippen LogP contribution in [-0.2, 0) is 4.79 Å². The summed E-state index contributed by atoms with van der Waals surface area (Å²) >= 11 is 1.97. The van der Waals surface area contributed by atoms with Crippen LogP contribution in [0.3, 0.4) is 0 Å². The van der Waals surface area contributed by atoms with Gasteiger partial charge < -0.3 is 10.2 Å². The molecule has 0 aliphatic carbocycles. The van der Waals surface area contributed by atoms with E-state index in [1.807, 2.05) is 23.7 Å². The lowest BCUT2D eigenvalue weighted by Gasteiger charge is -2.28. The summed E-state index contributed by atoms with van der Waals surface area (Å²) in [5, 5.41) is 3.34. The van der Waals surface area contributed by atoms with Crippen LogP contribution in [0.15, 0.2) is 0 Å². The van der Waals surface area contributed by atoms with Crippen LogP contribution in [-0.4, -0.2) is 48.5 Å². The van der Waals surface area contributed by atoms with Crippen LogP contribution in [0.1, 0.15) is 25.7 Å².